The predicted octanol–water partition coefficient (Wildman–Crippen LogP) is 1.98. The third kappa shape index (κ3) is 3.38. The first kappa shape index (κ1) is 17.4. The fourth-order valence-electron chi connectivity index (χ4n) is 2.70. The molecule has 0 radical (unpaired) electrons. The van der Waals surface area contributed by atoms with E-state index in [-0.39, 0.29) is 16.7 Å². The van der Waals surface area contributed by atoms with Gasteiger partial charge < -0.3 is 10.1 Å². The molecule has 0 atom stereocenters. The quantitative estimate of drug-likeness (QED) is 0.637. The van der Waals surface area contributed by atoms with E-state index in [0.29, 0.717) is 24.3 Å². The summed E-state index contributed by atoms with van der Waals surface area (Å²) in [5, 5.41) is 2.94. The van der Waals surface area contributed by atoms with Gasteiger partial charge in [0.05, 0.1) is 24.7 Å². The van der Waals surface area contributed by atoms with Crippen LogP contribution in [0.25, 0.3) is 0 Å². The second-order valence-corrected chi connectivity index (χ2v) is 7.66. The number of carbonyl (C=O) groups excluding carboxylic acids is 1. The van der Waals surface area contributed by atoms with Gasteiger partial charge in [0.2, 0.25) is 15.3 Å². The summed E-state index contributed by atoms with van der Waals surface area (Å²) in [5.74, 6) is -0.493. The summed E-state index contributed by atoms with van der Waals surface area (Å²) in [7, 11) is -2.18. The number of anilines is 3. The average Bonchev–Trinajstić information content (AvgIpc) is 3.00. The lowest BCUT2D eigenvalue weighted by Gasteiger charge is -2.20. The molecule has 0 fully saturated rings. The van der Waals surface area contributed by atoms with E-state index in [1.807, 2.05) is 6.07 Å². The van der Waals surface area contributed by atoms with Crippen LogP contribution in [0.2, 0.25) is 5.28 Å². The fraction of sp³-hybridized carbons (Fsp3) is 0.267. The smallest absolute Gasteiger partial charge is 0.343 e. The van der Waals surface area contributed by atoms with Crippen LogP contribution in [0.4, 0.5) is 17.2 Å². The molecule has 132 valence electrons. The van der Waals surface area contributed by atoms with Crippen molar-refractivity contribution in [3.05, 3.63) is 40.8 Å². The normalized spacial score (nSPS) is 13.5. The van der Waals surface area contributed by atoms with Gasteiger partial charge in [-0.05, 0) is 29.7 Å². The first-order valence-corrected chi connectivity index (χ1v) is 9.51. The van der Waals surface area contributed by atoms with Crippen molar-refractivity contribution in [2.24, 2.45) is 0 Å². The second kappa shape index (κ2) is 6.49. The number of hydrogen-bond acceptors (Lipinski definition) is 7. The highest BCUT2D eigenvalue weighted by atomic mass is 35.5. The number of aromatic nitrogens is 2. The average molecular weight is 383 g/mol. The van der Waals surface area contributed by atoms with Gasteiger partial charge in [0.15, 0.2) is 0 Å². The van der Waals surface area contributed by atoms with Gasteiger partial charge in [-0.2, -0.15) is 4.98 Å². The number of carbonyl (C=O) groups is 1. The molecule has 0 saturated heterocycles. The molecule has 1 aliphatic heterocycles. The Balaban J connectivity index is 2.08. The monoisotopic (exact) mass is 382 g/mol. The Labute approximate surface area is 149 Å². The Morgan fingerprint density at radius 1 is 1.40 bits per heavy atom. The number of nitrogens with zero attached hydrogens (tertiary/aromatic N) is 3. The molecule has 2 heterocycles. The largest absolute Gasteiger partial charge is 0.465 e. The Bertz CT molecular complexity index is 949. The molecule has 1 aliphatic rings. The minimum Gasteiger partial charge on any atom is -0.465 e. The fourth-order valence-corrected chi connectivity index (χ4v) is 3.80. The zero-order valence-electron chi connectivity index (χ0n) is 13.5. The van der Waals surface area contributed by atoms with Gasteiger partial charge in [0.1, 0.15) is 11.4 Å². The molecule has 3 rings (SSSR count). The summed E-state index contributed by atoms with van der Waals surface area (Å²) in [6.45, 7) is 0.362. The molecule has 0 saturated carbocycles. The van der Waals surface area contributed by atoms with Crippen LogP contribution in [0.5, 0.6) is 0 Å². The molecule has 1 aromatic carbocycles. The third-order valence-corrected chi connectivity index (χ3v) is 5.12. The Kier molecular flexibility index (Phi) is 4.53. The van der Waals surface area contributed by atoms with Crippen LogP contribution >= 0.6 is 11.6 Å². The predicted molar refractivity (Wildman–Crippen MR) is 94.0 cm³/mol. The molecule has 1 aromatic heterocycles. The maximum Gasteiger partial charge on any atom is 0.343 e. The summed E-state index contributed by atoms with van der Waals surface area (Å²) in [5.41, 5.74) is 2.01. The van der Waals surface area contributed by atoms with E-state index in [1.165, 1.54) is 17.6 Å². The van der Waals surface area contributed by atoms with Gasteiger partial charge in [-0.1, -0.05) is 12.1 Å². The van der Waals surface area contributed by atoms with Crippen molar-refractivity contribution in [1.29, 1.82) is 0 Å². The van der Waals surface area contributed by atoms with Gasteiger partial charge >= 0.3 is 5.97 Å². The van der Waals surface area contributed by atoms with E-state index in [0.717, 1.165) is 11.8 Å². The summed E-state index contributed by atoms with van der Waals surface area (Å²) in [4.78, 5) is 19.7. The minimum absolute atomic E-state index is 0.0531. The standard InChI is InChI=1S/C15H15ClN4O4S/c1-24-14(21)10-8-17-15(16)19-13(10)18-11-5-3-4-9-6-7-20(12(9)11)25(2,22)23/h3-5,8H,6-7H2,1-2H3,(H,17,18,19). The van der Waals surface area contributed by atoms with Crippen LogP contribution in [-0.2, 0) is 21.2 Å². The minimum atomic E-state index is -3.43. The van der Waals surface area contributed by atoms with Crippen LogP contribution in [-0.4, -0.2) is 44.3 Å². The van der Waals surface area contributed by atoms with E-state index in [2.05, 4.69) is 15.3 Å². The van der Waals surface area contributed by atoms with E-state index < -0.39 is 16.0 Å². The van der Waals surface area contributed by atoms with Crippen molar-refractivity contribution < 1.29 is 17.9 Å². The van der Waals surface area contributed by atoms with Gasteiger partial charge in [-0.25, -0.2) is 18.2 Å². The molecule has 10 heteroatoms. The molecule has 0 spiro atoms. The molecular formula is C15H15ClN4O4S. The zero-order valence-corrected chi connectivity index (χ0v) is 15.1. The molecule has 0 unspecified atom stereocenters. The number of hydrogen-bond donors (Lipinski definition) is 1. The molecule has 0 amide bonds. The third-order valence-electron chi connectivity index (χ3n) is 3.77. The zero-order chi connectivity index (χ0) is 18.2. The van der Waals surface area contributed by atoms with E-state index in [9.17, 15) is 13.2 Å². The number of para-hydroxylation sites is 1. The number of rotatable bonds is 4. The van der Waals surface area contributed by atoms with Crippen molar-refractivity contribution in [1.82, 2.24) is 9.97 Å². The Morgan fingerprint density at radius 2 is 2.16 bits per heavy atom. The summed E-state index contributed by atoms with van der Waals surface area (Å²) < 4.78 is 30.1. The van der Waals surface area contributed by atoms with Crippen molar-refractivity contribution in [2.75, 3.05) is 29.5 Å². The van der Waals surface area contributed by atoms with Gasteiger partial charge in [-0.3, -0.25) is 4.31 Å². The summed E-state index contributed by atoms with van der Waals surface area (Å²) in [6, 6.07) is 5.37. The van der Waals surface area contributed by atoms with Crippen LogP contribution < -0.4 is 9.62 Å². The lowest BCUT2D eigenvalue weighted by molar-refractivity contribution is 0.0601. The lowest BCUT2D eigenvalue weighted by atomic mass is 10.1. The van der Waals surface area contributed by atoms with Gasteiger partial charge in [0.25, 0.3) is 0 Å². The van der Waals surface area contributed by atoms with Crippen LogP contribution in [0, 0.1) is 0 Å². The first-order valence-electron chi connectivity index (χ1n) is 7.28. The van der Waals surface area contributed by atoms with E-state index in [1.54, 1.807) is 12.1 Å². The number of fused-ring (bicyclic) bond motifs is 1. The summed E-state index contributed by atoms with van der Waals surface area (Å²) in [6.07, 6.45) is 3.01. The highest BCUT2D eigenvalue weighted by Gasteiger charge is 2.29. The second-order valence-electron chi connectivity index (χ2n) is 5.42. The van der Waals surface area contributed by atoms with Gasteiger partial charge in [0, 0.05) is 12.7 Å². The van der Waals surface area contributed by atoms with Crippen molar-refractivity contribution in [3.63, 3.8) is 0 Å². The Hall–Kier alpha value is -2.39. The Morgan fingerprint density at radius 3 is 2.84 bits per heavy atom. The highest BCUT2D eigenvalue weighted by molar-refractivity contribution is 7.92. The lowest BCUT2D eigenvalue weighted by Crippen LogP contribution is -2.28. The SMILES string of the molecule is COC(=O)c1cnc(Cl)nc1Nc1cccc2c1N(S(C)(=O)=O)CC2. The van der Waals surface area contributed by atoms with Crippen molar-refractivity contribution in [3.8, 4) is 0 Å². The number of halogens is 1. The molecule has 1 N–H and O–H groups in total. The van der Waals surface area contributed by atoms with Gasteiger partial charge in [-0.15, -0.1) is 0 Å². The molecule has 25 heavy (non-hydrogen) atoms. The molecule has 0 aliphatic carbocycles. The van der Waals surface area contributed by atoms with Crippen molar-refractivity contribution in [2.45, 2.75) is 6.42 Å². The number of benzene rings is 1. The molecule has 8 nitrogen and oxygen atoms in total. The number of ether oxygens (including phenoxy) is 1. The molecule has 2 aromatic rings. The maximum absolute atomic E-state index is 12.1. The van der Waals surface area contributed by atoms with E-state index >= 15 is 0 Å². The van der Waals surface area contributed by atoms with Crippen molar-refractivity contribution >= 4 is 44.8 Å². The summed E-state index contributed by atoms with van der Waals surface area (Å²) >= 11 is 5.83. The maximum atomic E-state index is 12.1. The number of esters is 1. The molecular weight excluding hydrogens is 368 g/mol. The number of methoxy groups -OCH3 is 1. The number of nitrogens with one attached hydrogen (secondary N) is 1. The number of sulfonamides is 1. The van der Waals surface area contributed by atoms with Crippen LogP contribution in [0.15, 0.2) is 24.4 Å². The van der Waals surface area contributed by atoms with Crippen LogP contribution in [0.3, 0.4) is 0 Å². The first-order chi connectivity index (χ1) is 11.8. The topological polar surface area (TPSA) is 101 Å². The van der Waals surface area contributed by atoms with Crippen LogP contribution in [0.1, 0.15) is 15.9 Å². The van der Waals surface area contributed by atoms with E-state index in [4.69, 9.17) is 16.3 Å². The highest BCUT2D eigenvalue weighted by Crippen LogP contribution is 2.38. The molecule has 0 bridgehead atoms.